The number of esters is 1. The van der Waals surface area contributed by atoms with E-state index in [0.29, 0.717) is 11.0 Å². The molecule has 2 unspecified atom stereocenters. The molecule has 2 aromatic carbocycles. The average molecular weight is 658 g/mol. The standard InChI is InChI=1S/C30H33FN5O9P/c1-17(2)43-27(39)18(3)35-46(41,42-16-23-26(38)30(4,31)28(44-23)36-15-12-24(37)34-29(36)40)45-20-10-8-19(9-11-20)21-6-5-7-22-25(21)33-14-13-32-22/h5-15,17-18,23,26,28,38H,16H2,1-4H3,(H,35,41)(H,34,37,40)/t18?,23-,26-,28-,30-,46?/m1/s1. The Balaban J connectivity index is 1.37. The monoisotopic (exact) mass is 657 g/mol. The Morgan fingerprint density at radius 2 is 1.87 bits per heavy atom. The number of fused-ring (bicyclic) bond motifs is 1. The summed E-state index contributed by atoms with van der Waals surface area (Å²) in [7, 11) is -4.45. The number of aliphatic hydroxyl groups is 1. The Morgan fingerprint density at radius 1 is 1.15 bits per heavy atom. The molecule has 2 aromatic heterocycles. The van der Waals surface area contributed by atoms with Gasteiger partial charge in [-0.3, -0.25) is 33.6 Å². The Bertz CT molecular complexity index is 1880. The van der Waals surface area contributed by atoms with Gasteiger partial charge >= 0.3 is 19.4 Å². The third kappa shape index (κ3) is 7.08. The molecule has 0 bridgehead atoms. The third-order valence-electron chi connectivity index (χ3n) is 7.18. The molecule has 6 atom stereocenters. The second kappa shape index (κ2) is 13.2. The number of hydrogen-bond acceptors (Lipinski definition) is 11. The van der Waals surface area contributed by atoms with E-state index < -0.39 is 67.8 Å². The number of carbonyl (C=O) groups excluding carboxylic acids is 1. The van der Waals surface area contributed by atoms with Gasteiger partial charge in [-0.25, -0.2) is 13.8 Å². The van der Waals surface area contributed by atoms with Crippen molar-refractivity contribution in [2.24, 2.45) is 0 Å². The molecule has 1 aliphatic heterocycles. The van der Waals surface area contributed by atoms with Crippen LogP contribution in [0.3, 0.4) is 0 Å². The summed E-state index contributed by atoms with van der Waals surface area (Å²) in [6.07, 6.45) is -1.18. The molecule has 5 rings (SSSR count). The highest BCUT2D eigenvalue weighted by atomic mass is 31.2. The van der Waals surface area contributed by atoms with Gasteiger partial charge in [0.2, 0.25) is 0 Å². The summed E-state index contributed by atoms with van der Waals surface area (Å²) < 4.78 is 52.8. The van der Waals surface area contributed by atoms with Crippen LogP contribution in [0.25, 0.3) is 22.2 Å². The van der Waals surface area contributed by atoms with Gasteiger partial charge in [0.25, 0.3) is 5.56 Å². The number of carbonyl (C=O) groups is 1. The van der Waals surface area contributed by atoms with Crippen LogP contribution in [0.5, 0.6) is 5.75 Å². The van der Waals surface area contributed by atoms with Gasteiger partial charge in [0, 0.05) is 30.2 Å². The first kappa shape index (κ1) is 33.1. The van der Waals surface area contributed by atoms with Crippen molar-refractivity contribution in [2.75, 3.05) is 6.61 Å². The van der Waals surface area contributed by atoms with E-state index in [1.54, 1.807) is 38.4 Å². The second-order valence-electron chi connectivity index (χ2n) is 11.1. The van der Waals surface area contributed by atoms with Crippen LogP contribution in [0.4, 0.5) is 4.39 Å². The Hall–Kier alpha value is -4.27. The van der Waals surface area contributed by atoms with Crippen LogP contribution < -0.4 is 20.9 Å². The van der Waals surface area contributed by atoms with Crippen molar-refractivity contribution >= 4 is 24.7 Å². The van der Waals surface area contributed by atoms with Crippen LogP contribution in [-0.4, -0.2) is 67.2 Å². The number of halogens is 1. The Kier molecular flexibility index (Phi) is 9.52. The zero-order valence-corrected chi connectivity index (χ0v) is 26.2. The maximum atomic E-state index is 15.7. The molecule has 1 saturated heterocycles. The summed E-state index contributed by atoms with van der Waals surface area (Å²) in [4.78, 5) is 47.1. The summed E-state index contributed by atoms with van der Waals surface area (Å²) in [6, 6.07) is 11.9. The Labute approximate surface area is 262 Å². The molecule has 3 heterocycles. The van der Waals surface area contributed by atoms with Gasteiger partial charge < -0.3 is 19.1 Å². The van der Waals surface area contributed by atoms with Crippen molar-refractivity contribution < 1.29 is 37.4 Å². The number of benzene rings is 2. The predicted octanol–water partition coefficient (Wildman–Crippen LogP) is 3.27. The van der Waals surface area contributed by atoms with E-state index in [0.717, 1.165) is 34.9 Å². The lowest BCUT2D eigenvalue weighted by Crippen LogP contribution is -2.43. The topological polar surface area (TPSA) is 184 Å². The number of nitrogens with zero attached hydrogens (tertiary/aromatic N) is 3. The van der Waals surface area contributed by atoms with Gasteiger partial charge in [0.1, 0.15) is 24.0 Å². The SMILES string of the molecule is CC(C)OC(=O)C(C)NP(=O)(OC[C@H]1O[C@@H](n2ccc(=O)[nH]c2=O)[C@](C)(F)[C@@H]1O)Oc1ccc(-c2cccc3nccnc23)cc1. The van der Waals surface area contributed by atoms with E-state index in [4.69, 9.17) is 18.5 Å². The summed E-state index contributed by atoms with van der Waals surface area (Å²) in [5.74, 6) is -0.642. The van der Waals surface area contributed by atoms with Crippen LogP contribution in [0.2, 0.25) is 0 Å². The van der Waals surface area contributed by atoms with Crippen molar-refractivity contribution in [3.05, 3.63) is 88.0 Å². The lowest BCUT2D eigenvalue weighted by atomic mass is 9.98. The summed E-state index contributed by atoms with van der Waals surface area (Å²) in [5.41, 5.74) is -1.22. The largest absolute Gasteiger partial charge is 0.462 e. The van der Waals surface area contributed by atoms with Crippen molar-refractivity contribution in [1.29, 1.82) is 0 Å². The number of alkyl halides is 1. The average Bonchev–Trinajstić information content (AvgIpc) is 3.23. The number of aromatic amines is 1. The molecule has 1 fully saturated rings. The molecule has 0 radical (unpaired) electrons. The van der Waals surface area contributed by atoms with Gasteiger partial charge in [-0.15, -0.1) is 0 Å². The number of nitrogens with one attached hydrogen (secondary N) is 2. The number of aromatic nitrogens is 4. The first-order chi connectivity index (χ1) is 21.8. The van der Waals surface area contributed by atoms with Gasteiger partial charge in [0.15, 0.2) is 11.9 Å². The molecule has 14 nitrogen and oxygen atoms in total. The quantitative estimate of drug-likeness (QED) is 0.158. The fourth-order valence-corrected chi connectivity index (χ4v) is 6.41. The smallest absolute Gasteiger partial charge is 0.459 e. The molecule has 0 saturated carbocycles. The van der Waals surface area contributed by atoms with Crippen molar-refractivity contribution in [2.45, 2.75) is 63.9 Å². The number of para-hydroxylation sites is 1. The van der Waals surface area contributed by atoms with Gasteiger partial charge in [-0.2, -0.15) is 5.09 Å². The highest BCUT2D eigenvalue weighted by molar-refractivity contribution is 7.52. The summed E-state index contributed by atoms with van der Waals surface area (Å²) >= 11 is 0. The first-order valence-corrected chi connectivity index (χ1v) is 15.9. The molecular weight excluding hydrogens is 624 g/mol. The van der Waals surface area contributed by atoms with E-state index in [2.05, 4.69) is 15.1 Å². The fraction of sp³-hybridized carbons (Fsp3) is 0.367. The zero-order chi connectivity index (χ0) is 33.2. The van der Waals surface area contributed by atoms with Gasteiger partial charge in [-0.05, 0) is 51.5 Å². The van der Waals surface area contributed by atoms with E-state index in [9.17, 15) is 24.1 Å². The number of aliphatic hydroxyl groups excluding tert-OH is 1. The second-order valence-corrected chi connectivity index (χ2v) is 12.8. The minimum Gasteiger partial charge on any atom is -0.462 e. The molecular formula is C30H33FN5O9P. The Morgan fingerprint density at radius 3 is 2.57 bits per heavy atom. The highest BCUT2D eigenvalue weighted by Crippen LogP contribution is 2.48. The van der Waals surface area contributed by atoms with E-state index in [-0.39, 0.29) is 5.75 Å². The molecule has 1 aliphatic rings. The van der Waals surface area contributed by atoms with E-state index >= 15 is 4.39 Å². The number of hydrogen-bond donors (Lipinski definition) is 3. The lowest BCUT2D eigenvalue weighted by Gasteiger charge is -2.25. The number of H-pyrrole nitrogens is 1. The molecule has 0 amide bonds. The normalized spacial score (nSPS) is 23.2. The molecule has 244 valence electrons. The van der Waals surface area contributed by atoms with Crippen LogP contribution in [-0.2, 0) is 23.4 Å². The van der Waals surface area contributed by atoms with E-state index in [1.165, 1.54) is 19.1 Å². The number of rotatable bonds is 11. The maximum absolute atomic E-state index is 15.7. The van der Waals surface area contributed by atoms with Crippen LogP contribution in [0.15, 0.2) is 76.7 Å². The van der Waals surface area contributed by atoms with Crippen LogP contribution >= 0.6 is 7.75 Å². The molecule has 3 N–H and O–H groups in total. The van der Waals surface area contributed by atoms with E-state index in [1.807, 2.05) is 23.2 Å². The minimum atomic E-state index is -4.45. The summed E-state index contributed by atoms with van der Waals surface area (Å²) in [5, 5.41) is 13.3. The van der Waals surface area contributed by atoms with Crippen LogP contribution in [0.1, 0.15) is 33.9 Å². The third-order valence-corrected chi connectivity index (χ3v) is 8.82. The predicted molar refractivity (Wildman–Crippen MR) is 164 cm³/mol. The lowest BCUT2D eigenvalue weighted by molar-refractivity contribution is -0.149. The minimum absolute atomic E-state index is 0.0937. The van der Waals surface area contributed by atoms with Crippen molar-refractivity contribution in [1.82, 2.24) is 24.6 Å². The van der Waals surface area contributed by atoms with Gasteiger partial charge in [0.05, 0.1) is 23.7 Å². The maximum Gasteiger partial charge on any atom is 0.459 e. The van der Waals surface area contributed by atoms with Crippen molar-refractivity contribution in [3.63, 3.8) is 0 Å². The highest BCUT2D eigenvalue weighted by Gasteiger charge is 2.56. The van der Waals surface area contributed by atoms with Crippen LogP contribution in [0, 0.1) is 0 Å². The summed E-state index contributed by atoms with van der Waals surface area (Å²) in [6.45, 7) is 5.03. The first-order valence-electron chi connectivity index (χ1n) is 14.3. The molecule has 16 heteroatoms. The zero-order valence-electron chi connectivity index (χ0n) is 25.3. The molecule has 0 aliphatic carbocycles. The number of ether oxygens (including phenoxy) is 2. The molecule has 46 heavy (non-hydrogen) atoms. The van der Waals surface area contributed by atoms with Crippen molar-refractivity contribution in [3.8, 4) is 16.9 Å². The molecule has 4 aromatic rings. The van der Waals surface area contributed by atoms with Gasteiger partial charge in [-0.1, -0.05) is 24.3 Å². The fourth-order valence-electron chi connectivity index (χ4n) is 4.91. The molecule has 0 spiro atoms.